The molecule has 1 aliphatic rings. The van der Waals surface area contributed by atoms with Crippen LogP contribution in [0.2, 0.25) is 0 Å². The first-order valence-corrected chi connectivity index (χ1v) is 9.01. The minimum Gasteiger partial charge on any atom is -0.334 e. The first kappa shape index (κ1) is 17.4. The standard InChI is InChI=1S/C20H26N4O/c1-17(18-8-4-3-5-9-18)22(2)20(25)16-23-12-14-24(15-13-23)19-10-6-7-11-21-19/h3-11,17H,12-16H2,1-2H3/p+2/t17-/m0/s1. The molecular formula is C20H28N4O+2. The highest BCUT2D eigenvalue weighted by Crippen LogP contribution is 2.17. The van der Waals surface area contributed by atoms with Gasteiger partial charge in [0.05, 0.1) is 12.2 Å². The zero-order valence-corrected chi connectivity index (χ0v) is 15.1. The van der Waals surface area contributed by atoms with Crippen LogP contribution < -0.4 is 14.8 Å². The smallest absolute Gasteiger partial charge is 0.278 e. The van der Waals surface area contributed by atoms with Gasteiger partial charge in [-0.05, 0) is 18.6 Å². The van der Waals surface area contributed by atoms with E-state index in [9.17, 15) is 4.79 Å². The summed E-state index contributed by atoms with van der Waals surface area (Å²) in [5.74, 6) is 1.37. The van der Waals surface area contributed by atoms with Crippen molar-refractivity contribution < 1.29 is 14.7 Å². The molecule has 1 aromatic carbocycles. The molecule has 0 radical (unpaired) electrons. The summed E-state index contributed by atoms with van der Waals surface area (Å²) < 4.78 is 0. The van der Waals surface area contributed by atoms with E-state index in [-0.39, 0.29) is 11.9 Å². The van der Waals surface area contributed by atoms with Gasteiger partial charge >= 0.3 is 0 Å². The Labute approximate surface area is 149 Å². The van der Waals surface area contributed by atoms with Crippen molar-refractivity contribution in [3.63, 3.8) is 0 Å². The fourth-order valence-corrected chi connectivity index (χ4v) is 3.33. The Morgan fingerprint density at radius 1 is 1.16 bits per heavy atom. The van der Waals surface area contributed by atoms with Crippen LogP contribution in [0.25, 0.3) is 0 Å². The summed E-state index contributed by atoms with van der Waals surface area (Å²) in [6, 6.07) is 16.5. The third kappa shape index (κ3) is 4.37. The van der Waals surface area contributed by atoms with Crippen molar-refractivity contribution in [1.82, 2.24) is 4.90 Å². The van der Waals surface area contributed by atoms with Gasteiger partial charge < -0.3 is 9.80 Å². The Hall–Kier alpha value is -2.40. The van der Waals surface area contributed by atoms with Gasteiger partial charge in [0, 0.05) is 13.1 Å². The summed E-state index contributed by atoms with van der Waals surface area (Å²) in [4.78, 5) is 21.5. The largest absolute Gasteiger partial charge is 0.334 e. The van der Waals surface area contributed by atoms with Crippen LogP contribution in [0.4, 0.5) is 5.82 Å². The predicted molar refractivity (Wildman–Crippen MR) is 98.4 cm³/mol. The number of hydrogen-bond donors (Lipinski definition) is 1. The van der Waals surface area contributed by atoms with Gasteiger partial charge in [0.2, 0.25) is 0 Å². The van der Waals surface area contributed by atoms with Crippen molar-refractivity contribution in [2.45, 2.75) is 13.0 Å². The summed E-state index contributed by atoms with van der Waals surface area (Å²) in [5.41, 5.74) is 1.18. The van der Waals surface area contributed by atoms with Crippen LogP contribution in [0.15, 0.2) is 54.7 Å². The summed E-state index contributed by atoms with van der Waals surface area (Å²) in [5, 5.41) is 0. The van der Waals surface area contributed by atoms with E-state index in [0.29, 0.717) is 6.54 Å². The number of pyridine rings is 1. The van der Waals surface area contributed by atoms with Gasteiger partial charge in [0.15, 0.2) is 6.54 Å². The Morgan fingerprint density at radius 3 is 2.48 bits per heavy atom. The Balaban J connectivity index is 1.50. The van der Waals surface area contributed by atoms with Crippen LogP contribution in [0, 0.1) is 0 Å². The number of likely N-dealkylation sites (N-methyl/N-ethyl adjacent to an activating group) is 1. The summed E-state index contributed by atoms with van der Waals surface area (Å²) in [6.07, 6.45) is 1.96. The molecule has 132 valence electrons. The fourth-order valence-electron chi connectivity index (χ4n) is 3.33. The van der Waals surface area contributed by atoms with Gasteiger partial charge in [0.25, 0.3) is 11.7 Å². The number of H-pyrrole nitrogens is 1. The number of piperazine rings is 1. The van der Waals surface area contributed by atoms with Gasteiger partial charge in [-0.25, -0.2) is 4.98 Å². The summed E-state index contributed by atoms with van der Waals surface area (Å²) in [6.45, 7) is 6.58. The second kappa shape index (κ2) is 8.12. The van der Waals surface area contributed by atoms with E-state index in [1.807, 2.05) is 42.4 Å². The fraction of sp³-hybridized carbons (Fsp3) is 0.400. The number of aromatic amines is 1. The van der Waals surface area contributed by atoms with E-state index in [1.54, 1.807) is 0 Å². The zero-order chi connectivity index (χ0) is 17.6. The van der Waals surface area contributed by atoms with E-state index in [0.717, 1.165) is 32.0 Å². The Kier molecular flexibility index (Phi) is 5.66. The number of carbonyl (C=O) groups excluding carboxylic acids is 1. The molecule has 0 spiro atoms. The molecule has 0 bridgehead atoms. The minimum atomic E-state index is 0.105. The molecule has 1 aromatic heterocycles. The number of amides is 1. The maximum absolute atomic E-state index is 12.7. The van der Waals surface area contributed by atoms with Crippen molar-refractivity contribution in [3.05, 3.63) is 60.3 Å². The Morgan fingerprint density at radius 2 is 1.84 bits per heavy atom. The van der Waals surface area contributed by atoms with E-state index in [1.165, 1.54) is 10.5 Å². The minimum absolute atomic E-state index is 0.105. The molecule has 1 aliphatic heterocycles. The molecular weight excluding hydrogens is 312 g/mol. The van der Waals surface area contributed by atoms with Crippen molar-refractivity contribution in [2.75, 3.05) is 44.7 Å². The normalized spacial score (nSPS) is 16.5. The van der Waals surface area contributed by atoms with Crippen molar-refractivity contribution >= 4 is 11.7 Å². The third-order valence-corrected chi connectivity index (χ3v) is 5.16. The number of nitrogens with zero attached hydrogens (tertiary/aromatic N) is 2. The highest BCUT2D eigenvalue weighted by atomic mass is 16.2. The number of anilines is 1. The molecule has 25 heavy (non-hydrogen) atoms. The van der Waals surface area contributed by atoms with Gasteiger partial charge in [-0.3, -0.25) is 9.69 Å². The molecule has 2 aromatic rings. The lowest BCUT2D eigenvalue weighted by molar-refractivity contribution is -0.892. The molecule has 2 N–H and O–H groups in total. The van der Waals surface area contributed by atoms with Crippen LogP contribution in [0.1, 0.15) is 18.5 Å². The lowest BCUT2D eigenvalue weighted by Crippen LogP contribution is -3.15. The molecule has 0 saturated carbocycles. The van der Waals surface area contributed by atoms with Crippen LogP contribution in [0.5, 0.6) is 0 Å². The van der Waals surface area contributed by atoms with Crippen LogP contribution in [-0.4, -0.2) is 50.6 Å². The van der Waals surface area contributed by atoms with Gasteiger partial charge in [-0.2, -0.15) is 0 Å². The molecule has 0 aliphatic carbocycles. The third-order valence-electron chi connectivity index (χ3n) is 5.16. The van der Waals surface area contributed by atoms with Crippen LogP contribution in [-0.2, 0) is 4.79 Å². The number of carbonyl (C=O) groups is 1. The van der Waals surface area contributed by atoms with E-state index >= 15 is 0 Å². The van der Waals surface area contributed by atoms with Gasteiger partial charge in [-0.1, -0.05) is 36.4 Å². The molecule has 2 heterocycles. The van der Waals surface area contributed by atoms with E-state index < -0.39 is 0 Å². The van der Waals surface area contributed by atoms with Gasteiger partial charge in [0.1, 0.15) is 26.2 Å². The van der Waals surface area contributed by atoms with Crippen molar-refractivity contribution in [3.8, 4) is 0 Å². The highest BCUT2D eigenvalue weighted by molar-refractivity contribution is 5.77. The summed E-state index contributed by atoms with van der Waals surface area (Å²) >= 11 is 0. The number of nitrogens with one attached hydrogen (secondary N) is 2. The maximum Gasteiger partial charge on any atom is 0.278 e. The zero-order valence-electron chi connectivity index (χ0n) is 15.1. The topological polar surface area (TPSA) is 42.1 Å². The SMILES string of the molecule is C[C@@H](c1ccccc1)N(C)C(=O)C[NH+]1CCN(c2cccc[nH+]2)CC1. The average molecular weight is 340 g/mol. The lowest BCUT2D eigenvalue weighted by Gasteiger charge is -2.30. The number of rotatable bonds is 5. The highest BCUT2D eigenvalue weighted by Gasteiger charge is 2.29. The van der Waals surface area contributed by atoms with E-state index in [2.05, 4.69) is 41.1 Å². The first-order chi connectivity index (χ1) is 12.1. The predicted octanol–water partition coefficient (Wildman–Crippen LogP) is 0.425. The van der Waals surface area contributed by atoms with Crippen LogP contribution >= 0.6 is 0 Å². The van der Waals surface area contributed by atoms with Crippen LogP contribution in [0.3, 0.4) is 0 Å². The molecule has 1 atom stereocenters. The molecule has 1 saturated heterocycles. The second-order valence-corrected chi connectivity index (χ2v) is 6.75. The number of benzene rings is 1. The Bertz CT molecular complexity index is 669. The number of aromatic nitrogens is 1. The number of quaternary nitrogens is 1. The molecule has 5 heteroatoms. The maximum atomic E-state index is 12.7. The molecule has 3 rings (SSSR count). The average Bonchev–Trinajstić information content (AvgIpc) is 2.68. The monoisotopic (exact) mass is 340 g/mol. The summed E-state index contributed by atoms with van der Waals surface area (Å²) in [7, 11) is 1.91. The lowest BCUT2D eigenvalue weighted by atomic mass is 10.1. The van der Waals surface area contributed by atoms with Gasteiger partial charge in [-0.15, -0.1) is 0 Å². The molecule has 1 amide bonds. The van der Waals surface area contributed by atoms with Crippen molar-refractivity contribution in [2.24, 2.45) is 0 Å². The number of hydrogen-bond acceptors (Lipinski definition) is 2. The first-order valence-electron chi connectivity index (χ1n) is 9.01. The molecule has 5 nitrogen and oxygen atoms in total. The molecule has 0 unspecified atom stereocenters. The second-order valence-electron chi connectivity index (χ2n) is 6.75. The van der Waals surface area contributed by atoms with E-state index in [4.69, 9.17) is 0 Å². The quantitative estimate of drug-likeness (QED) is 0.857. The van der Waals surface area contributed by atoms with Crippen molar-refractivity contribution in [1.29, 1.82) is 0 Å². The molecule has 1 fully saturated rings.